The molecule has 1 aromatic heterocycles. The highest BCUT2D eigenvalue weighted by atomic mass is 32.1. The van der Waals surface area contributed by atoms with Gasteiger partial charge in [-0.15, -0.1) is 11.3 Å². The van der Waals surface area contributed by atoms with Gasteiger partial charge in [-0.1, -0.05) is 19.1 Å². The number of hydrogen-bond donors (Lipinski definition) is 1. The average Bonchev–Trinajstić information content (AvgIpc) is 2.99. The van der Waals surface area contributed by atoms with Crippen molar-refractivity contribution in [1.29, 1.82) is 0 Å². The summed E-state index contributed by atoms with van der Waals surface area (Å²) in [5.74, 6) is 0.466. The third kappa shape index (κ3) is 4.16. The zero-order valence-electron chi connectivity index (χ0n) is 16.0. The highest BCUT2D eigenvalue weighted by Crippen LogP contribution is 2.40. The molecule has 1 N–H and O–H groups in total. The van der Waals surface area contributed by atoms with Crippen LogP contribution in [0.25, 0.3) is 0 Å². The van der Waals surface area contributed by atoms with Crippen LogP contribution in [0.2, 0.25) is 0 Å². The van der Waals surface area contributed by atoms with Gasteiger partial charge in [0.1, 0.15) is 10.8 Å². The first-order valence-electron chi connectivity index (χ1n) is 9.39. The van der Waals surface area contributed by atoms with E-state index in [1.54, 1.807) is 25.1 Å². The number of anilines is 1. The second kappa shape index (κ2) is 8.57. The molecule has 0 saturated carbocycles. The van der Waals surface area contributed by atoms with E-state index in [9.17, 15) is 9.59 Å². The van der Waals surface area contributed by atoms with Gasteiger partial charge in [0.2, 0.25) is 0 Å². The fraction of sp³-hybridized carbons (Fsp3) is 0.429. The van der Waals surface area contributed by atoms with Gasteiger partial charge in [0, 0.05) is 4.88 Å². The molecule has 0 fully saturated rings. The lowest BCUT2D eigenvalue weighted by molar-refractivity contribution is 0.0526. The molecule has 1 aromatic carbocycles. The highest BCUT2D eigenvalue weighted by molar-refractivity contribution is 7.17. The van der Waals surface area contributed by atoms with Crippen LogP contribution in [0.15, 0.2) is 24.3 Å². The molecule has 1 aliphatic rings. The molecule has 1 atom stereocenters. The van der Waals surface area contributed by atoms with Crippen molar-refractivity contribution in [3.8, 4) is 5.75 Å². The minimum Gasteiger partial charge on any atom is -0.493 e. The Morgan fingerprint density at radius 3 is 2.74 bits per heavy atom. The number of ether oxygens (including phenoxy) is 2. The monoisotopic (exact) mass is 387 g/mol. The number of hydrogen-bond acceptors (Lipinski definition) is 5. The van der Waals surface area contributed by atoms with Gasteiger partial charge in [-0.05, 0) is 56.7 Å². The average molecular weight is 388 g/mol. The van der Waals surface area contributed by atoms with Crippen LogP contribution in [0.4, 0.5) is 5.00 Å². The van der Waals surface area contributed by atoms with Crippen molar-refractivity contribution in [1.82, 2.24) is 0 Å². The summed E-state index contributed by atoms with van der Waals surface area (Å²) in [6.45, 7) is 6.66. The number of thiophene rings is 1. The number of carbonyl (C=O) groups excluding carboxylic acids is 2. The van der Waals surface area contributed by atoms with E-state index >= 15 is 0 Å². The van der Waals surface area contributed by atoms with Gasteiger partial charge in [-0.3, -0.25) is 4.79 Å². The Kier molecular flexibility index (Phi) is 6.16. The van der Waals surface area contributed by atoms with E-state index in [2.05, 4.69) is 12.2 Å². The summed E-state index contributed by atoms with van der Waals surface area (Å²) in [7, 11) is 0. The van der Waals surface area contributed by atoms with Gasteiger partial charge >= 0.3 is 5.97 Å². The lowest BCUT2D eigenvalue weighted by Gasteiger charge is -2.18. The van der Waals surface area contributed by atoms with Gasteiger partial charge in [0.25, 0.3) is 5.91 Å². The van der Waals surface area contributed by atoms with E-state index in [-0.39, 0.29) is 11.9 Å². The minimum absolute atomic E-state index is 0.281. The van der Waals surface area contributed by atoms with Crippen molar-refractivity contribution in [2.24, 2.45) is 5.92 Å². The van der Waals surface area contributed by atoms with Crippen LogP contribution in [0.5, 0.6) is 5.75 Å². The van der Waals surface area contributed by atoms with Gasteiger partial charge in [-0.25, -0.2) is 4.79 Å². The first-order chi connectivity index (χ1) is 13.0. The number of benzene rings is 1. The Balaban J connectivity index is 1.94. The van der Waals surface area contributed by atoms with Crippen LogP contribution < -0.4 is 10.1 Å². The molecule has 0 radical (unpaired) electrons. The fourth-order valence-corrected chi connectivity index (χ4v) is 4.76. The first-order valence-corrected chi connectivity index (χ1v) is 10.2. The Hall–Kier alpha value is -2.34. The van der Waals surface area contributed by atoms with E-state index < -0.39 is 0 Å². The fourth-order valence-electron chi connectivity index (χ4n) is 3.36. The van der Waals surface area contributed by atoms with Crippen LogP contribution in [-0.4, -0.2) is 25.1 Å². The molecule has 1 aliphatic carbocycles. The van der Waals surface area contributed by atoms with E-state index in [0.29, 0.717) is 41.0 Å². The number of rotatable bonds is 6. The SMILES string of the molecule is CCOC(=O)c1c(NC(=O)c2ccccc2OCC)sc2c1CC[C@@H](C)C2. The molecule has 3 rings (SSSR count). The molecule has 2 aromatic rings. The quantitative estimate of drug-likeness (QED) is 0.730. The maximum absolute atomic E-state index is 12.9. The van der Waals surface area contributed by atoms with Crippen molar-refractivity contribution < 1.29 is 19.1 Å². The van der Waals surface area contributed by atoms with Crippen LogP contribution in [-0.2, 0) is 17.6 Å². The largest absolute Gasteiger partial charge is 0.493 e. The topological polar surface area (TPSA) is 64.6 Å². The summed E-state index contributed by atoms with van der Waals surface area (Å²) in [6.07, 6.45) is 2.81. The van der Waals surface area contributed by atoms with Crippen molar-refractivity contribution in [3.05, 3.63) is 45.8 Å². The predicted molar refractivity (Wildman–Crippen MR) is 107 cm³/mol. The minimum atomic E-state index is -0.363. The van der Waals surface area contributed by atoms with E-state index in [1.165, 1.54) is 16.2 Å². The molecule has 0 saturated heterocycles. The molecule has 1 amide bonds. The Labute approximate surface area is 163 Å². The lowest BCUT2D eigenvalue weighted by Crippen LogP contribution is -2.17. The normalized spacial score (nSPS) is 15.7. The van der Waals surface area contributed by atoms with E-state index in [4.69, 9.17) is 9.47 Å². The molecule has 0 aliphatic heterocycles. The maximum atomic E-state index is 12.9. The molecule has 0 unspecified atom stereocenters. The van der Waals surface area contributed by atoms with Gasteiger partial charge in [0.05, 0.1) is 24.3 Å². The maximum Gasteiger partial charge on any atom is 0.341 e. The lowest BCUT2D eigenvalue weighted by atomic mass is 9.88. The van der Waals surface area contributed by atoms with E-state index in [1.807, 2.05) is 13.0 Å². The standard InChI is InChI=1S/C21H25NO4S/c1-4-25-16-9-7-6-8-14(16)19(23)22-20-18(21(24)26-5-2)15-11-10-13(3)12-17(15)27-20/h6-9,13H,4-5,10-12H2,1-3H3,(H,22,23)/t13-/m1/s1. The summed E-state index contributed by atoms with van der Waals surface area (Å²) < 4.78 is 10.8. The number of amides is 1. The predicted octanol–water partition coefficient (Wildman–Crippen LogP) is 4.70. The Morgan fingerprint density at radius 1 is 1.22 bits per heavy atom. The molecule has 5 nitrogen and oxygen atoms in total. The zero-order valence-corrected chi connectivity index (χ0v) is 16.8. The number of para-hydroxylation sites is 1. The van der Waals surface area contributed by atoms with Gasteiger partial charge < -0.3 is 14.8 Å². The van der Waals surface area contributed by atoms with Crippen molar-refractivity contribution in [2.45, 2.75) is 40.0 Å². The summed E-state index contributed by atoms with van der Waals surface area (Å²) in [4.78, 5) is 26.6. The smallest absolute Gasteiger partial charge is 0.341 e. The Bertz CT molecular complexity index is 843. The van der Waals surface area contributed by atoms with Crippen molar-refractivity contribution in [3.63, 3.8) is 0 Å². The van der Waals surface area contributed by atoms with Crippen molar-refractivity contribution >= 4 is 28.2 Å². The summed E-state index contributed by atoms with van der Waals surface area (Å²) >= 11 is 1.49. The third-order valence-electron chi connectivity index (χ3n) is 4.65. The first kappa shape index (κ1) is 19.4. The zero-order chi connectivity index (χ0) is 19.4. The van der Waals surface area contributed by atoms with Crippen molar-refractivity contribution in [2.75, 3.05) is 18.5 Å². The summed E-state index contributed by atoms with van der Waals surface area (Å²) in [5.41, 5.74) is 2.00. The molecular weight excluding hydrogens is 362 g/mol. The molecule has 6 heteroatoms. The summed E-state index contributed by atoms with van der Waals surface area (Å²) in [5, 5.41) is 3.51. The van der Waals surface area contributed by atoms with Gasteiger partial charge in [-0.2, -0.15) is 0 Å². The molecular formula is C21H25NO4S. The van der Waals surface area contributed by atoms with Gasteiger partial charge in [0.15, 0.2) is 0 Å². The molecule has 0 spiro atoms. The second-order valence-corrected chi connectivity index (χ2v) is 7.76. The summed E-state index contributed by atoms with van der Waals surface area (Å²) in [6, 6.07) is 7.12. The third-order valence-corrected chi connectivity index (χ3v) is 5.82. The molecule has 0 bridgehead atoms. The Morgan fingerprint density at radius 2 is 2.00 bits per heavy atom. The molecule has 27 heavy (non-hydrogen) atoms. The van der Waals surface area contributed by atoms with Crippen LogP contribution >= 0.6 is 11.3 Å². The van der Waals surface area contributed by atoms with E-state index in [0.717, 1.165) is 24.8 Å². The molecule has 1 heterocycles. The molecule has 144 valence electrons. The van der Waals surface area contributed by atoms with Crippen LogP contribution in [0, 0.1) is 5.92 Å². The number of carbonyl (C=O) groups is 2. The van der Waals surface area contributed by atoms with Crippen LogP contribution in [0.3, 0.4) is 0 Å². The second-order valence-electron chi connectivity index (χ2n) is 6.66. The number of fused-ring (bicyclic) bond motifs is 1. The highest BCUT2D eigenvalue weighted by Gasteiger charge is 2.29. The number of nitrogens with one attached hydrogen (secondary N) is 1. The number of esters is 1. The van der Waals surface area contributed by atoms with Crippen LogP contribution in [0.1, 0.15) is 58.3 Å².